The lowest BCUT2D eigenvalue weighted by atomic mass is 9.83. The Morgan fingerprint density at radius 1 is 1.03 bits per heavy atom. The summed E-state index contributed by atoms with van der Waals surface area (Å²) in [6, 6.07) is 11.9. The standard InChI is InChI=1S/C24H27N3O3/c25-14-16-8-10-18(11-9-16)20-12-13-21(30-20)23(28)27-22(19-4-2-1-3-5-19)24(29)26-15-17-6-7-17/h8-13,17,19,22H,1-7,15H2,(H,26,29)(H,27,28)/t22-/m0/s1. The zero-order chi connectivity index (χ0) is 20.9. The molecule has 2 aliphatic rings. The monoisotopic (exact) mass is 405 g/mol. The molecule has 0 bridgehead atoms. The van der Waals surface area contributed by atoms with E-state index in [0.29, 0.717) is 23.8 Å². The van der Waals surface area contributed by atoms with Crippen molar-refractivity contribution in [2.24, 2.45) is 11.8 Å². The molecule has 2 aliphatic carbocycles. The van der Waals surface area contributed by atoms with Crippen molar-refractivity contribution in [2.45, 2.75) is 51.0 Å². The SMILES string of the molecule is N#Cc1ccc(-c2ccc(C(=O)N[C@H](C(=O)NCC3CC3)C3CCCCC3)o2)cc1. The normalized spacial score (nSPS) is 17.7. The van der Waals surface area contributed by atoms with Gasteiger partial charge in [-0.3, -0.25) is 9.59 Å². The molecule has 2 N–H and O–H groups in total. The largest absolute Gasteiger partial charge is 0.451 e. The first kappa shape index (κ1) is 20.2. The summed E-state index contributed by atoms with van der Waals surface area (Å²) < 4.78 is 5.75. The predicted octanol–water partition coefficient (Wildman–Crippen LogP) is 4.02. The highest BCUT2D eigenvalue weighted by atomic mass is 16.3. The molecule has 0 unspecified atom stereocenters. The molecule has 156 valence electrons. The lowest BCUT2D eigenvalue weighted by Crippen LogP contribution is -2.51. The number of carbonyl (C=O) groups excluding carboxylic acids is 2. The van der Waals surface area contributed by atoms with Crippen molar-refractivity contribution >= 4 is 11.8 Å². The van der Waals surface area contributed by atoms with E-state index in [2.05, 4.69) is 16.7 Å². The van der Waals surface area contributed by atoms with Crippen molar-refractivity contribution < 1.29 is 14.0 Å². The van der Waals surface area contributed by atoms with E-state index in [1.54, 1.807) is 36.4 Å². The van der Waals surface area contributed by atoms with Crippen LogP contribution >= 0.6 is 0 Å². The summed E-state index contributed by atoms with van der Waals surface area (Å²) in [4.78, 5) is 25.7. The van der Waals surface area contributed by atoms with Gasteiger partial charge < -0.3 is 15.1 Å². The molecule has 2 saturated carbocycles. The fourth-order valence-corrected chi connectivity index (χ4v) is 4.08. The Morgan fingerprint density at radius 2 is 1.77 bits per heavy atom. The average molecular weight is 405 g/mol. The molecule has 0 aliphatic heterocycles. The van der Waals surface area contributed by atoms with Gasteiger partial charge in [-0.15, -0.1) is 0 Å². The van der Waals surface area contributed by atoms with Crippen LogP contribution in [-0.2, 0) is 4.79 Å². The number of benzene rings is 1. The number of hydrogen-bond donors (Lipinski definition) is 2. The van der Waals surface area contributed by atoms with Crippen LogP contribution in [0.2, 0.25) is 0 Å². The fourth-order valence-electron chi connectivity index (χ4n) is 4.08. The summed E-state index contributed by atoms with van der Waals surface area (Å²) >= 11 is 0. The van der Waals surface area contributed by atoms with Gasteiger partial charge in [0.1, 0.15) is 11.8 Å². The van der Waals surface area contributed by atoms with E-state index in [4.69, 9.17) is 9.68 Å². The molecule has 6 heteroatoms. The molecule has 1 aromatic carbocycles. The second-order valence-electron chi connectivity index (χ2n) is 8.39. The van der Waals surface area contributed by atoms with Crippen LogP contribution in [0.25, 0.3) is 11.3 Å². The van der Waals surface area contributed by atoms with E-state index in [1.165, 1.54) is 19.3 Å². The van der Waals surface area contributed by atoms with E-state index in [-0.39, 0.29) is 23.5 Å². The zero-order valence-corrected chi connectivity index (χ0v) is 17.0. The maximum absolute atomic E-state index is 12.9. The number of hydrogen-bond acceptors (Lipinski definition) is 4. The molecule has 2 fully saturated rings. The first-order chi connectivity index (χ1) is 14.6. The molecule has 0 saturated heterocycles. The van der Waals surface area contributed by atoms with Gasteiger partial charge >= 0.3 is 0 Å². The molecule has 2 amide bonds. The molecule has 1 aromatic heterocycles. The molecule has 30 heavy (non-hydrogen) atoms. The number of carbonyl (C=O) groups is 2. The molecular weight excluding hydrogens is 378 g/mol. The highest BCUT2D eigenvalue weighted by Crippen LogP contribution is 2.29. The van der Waals surface area contributed by atoms with Gasteiger partial charge in [-0.2, -0.15) is 5.26 Å². The zero-order valence-electron chi connectivity index (χ0n) is 17.0. The number of nitrogens with one attached hydrogen (secondary N) is 2. The summed E-state index contributed by atoms with van der Waals surface area (Å²) in [6.07, 6.45) is 7.63. The van der Waals surface area contributed by atoms with Crippen LogP contribution in [0.15, 0.2) is 40.8 Å². The average Bonchev–Trinajstić information content (AvgIpc) is 3.49. The molecule has 1 heterocycles. The summed E-state index contributed by atoms with van der Waals surface area (Å²) in [6.45, 7) is 0.696. The predicted molar refractivity (Wildman–Crippen MR) is 112 cm³/mol. The quantitative estimate of drug-likeness (QED) is 0.727. The summed E-state index contributed by atoms with van der Waals surface area (Å²) in [5.74, 6) is 1.04. The van der Waals surface area contributed by atoms with E-state index >= 15 is 0 Å². The topological polar surface area (TPSA) is 95.1 Å². The van der Waals surface area contributed by atoms with Gasteiger partial charge in [0.25, 0.3) is 5.91 Å². The molecular formula is C24H27N3O3. The van der Waals surface area contributed by atoms with Gasteiger partial charge in [0, 0.05) is 12.1 Å². The van der Waals surface area contributed by atoms with E-state index in [9.17, 15) is 9.59 Å². The van der Waals surface area contributed by atoms with Gasteiger partial charge in [-0.25, -0.2) is 0 Å². The van der Waals surface area contributed by atoms with Crippen molar-refractivity contribution in [3.05, 3.63) is 47.7 Å². The molecule has 1 atom stereocenters. The summed E-state index contributed by atoms with van der Waals surface area (Å²) in [7, 11) is 0. The number of nitriles is 1. The van der Waals surface area contributed by atoms with E-state index < -0.39 is 6.04 Å². The highest BCUT2D eigenvalue weighted by Gasteiger charge is 2.33. The first-order valence-electron chi connectivity index (χ1n) is 10.8. The second kappa shape index (κ2) is 9.17. The third kappa shape index (κ3) is 4.91. The van der Waals surface area contributed by atoms with Crippen LogP contribution in [0, 0.1) is 23.2 Å². The Morgan fingerprint density at radius 3 is 2.43 bits per heavy atom. The fraction of sp³-hybridized carbons (Fsp3) is 0.458. The van der Waals surface area contributed by atoms with Crippen molar-refractivity contribution in [3.63, 3.8) is 0 Å². The summed E-state index contributed by atoms with van der Waals surface area (Å²) in [5.41, 5.74) is 1.36. The van der Waals surface area contributed by atoms with Gasteiger partial charge in [-0.05, 0) is 73.9 Å². The van der Waals surface area contributed by atoms with Crippen LogP contribution in [0.3, 0.4) is 0 Å². The molecule has 2 aromatic rings. The van der Waals surface area contributed by atoms with E-state index in [0.717, 1.165) is 31.2 Å². The maximum atomic E-state index is 12.9. The lowest BCUT2D eigenvalue weighted by molar-refractivity contribution is -0.124. The van der Waals surface area contributed by atoms with Crippen LogP contribution in [0.1, 0.15) is 61.1 Å². The van der Waals surface area contributed by atoms with Crippen LogP contribution in [0.4, 0.5) is 0 Å². The molecule has 4 rings (SSSR count). The van der Waals surface area contributed by atoms with Gasteiger partial charge in [0.15, 0.2) is 5.76 Å². The number of furan rings is 1. The minimum absolute atomic E-state index is 0.0824. The minimum Gasteiger partial charge on any atom is -0.451 e. The molecule has 6 nitrogen and oxygen atoms in total. The van der Waals surface area contributed by atoms with Gasteiger partial charge in [0.05, 0.1) is 11.6 Å². The Hall–Kier alpha value is -3.07. The van der Waals surface area contributed by atoms with Crippen LogP contribution in [0.5, 0.6) is 0 Å². The number of nitrogens with zero attached hydrogens (tertiary/aromatic N) is 1. The van der Waals surface area contributed by atoms with Crippen molar-refractivity contribution in [1.29, 1.82) is 5.26 Å². The third-order valence-electron chi connectivity index (χ3n) is 6.08. The van der Waals surface area contributed by atoms with Crippen molar-refractivity contribution in [2.75, 3.05) is 6.54 Å². The van der Waals surface area contributed by atoms with Gasteiger partial charge in [0.2, 0.25) is 5.91 Å². The Bertz CT molecular complexity index is 931. The van der Waals surface area contributed by atoms with Crippen molar-refractivity contribution in [3.8, 4) is 17.4 Å². The summed E-state index contributed by atoms with van der Waals surface area (Å²) in [5, 5.41) is 14.9. The Balaban J connectivity index is 1.45. The maximum Gasteiger partial charge on any atom is 0.287 e. The first-order valence-corrected chi connectivity index (χ1v) is 10.8. The minimum atomic E-state index is -0.528. The van der Waals surface area contributed by atoms with E-state index in [1.807, 2.05) is 0 Å². The molecule has 0 radical (unpaired) electrons. The number of amides is 2. The van der Waals surface area contributed by atoms with Crippen molar-refractivity contribution in [1.82, 2.24) is 10.6 Å². The lowest BCUT2D eigenvalue weighted by Gasteiger charge is -2.29. The van der Waals surface area contributed by atoms with Crippen LogP contribution < -0.4 is 10.6 Å². The number of rotatable bonds is 7. The third-order valence-corrected chi connectivity index (χ3v) is 6.08. The molecule has 0 spiro atoms. The Kier molecular flexibility index (Phi) is 6.18. The van der Waals surface area contributed by atoms with Crippen LogP contribution in [-0.4, -0.2) is 24.4 Å². The second-order valence-corrected chi connectivity index (χ2v) is 8.39. The highest BCUT2D eigenvalue weighted by molar-refractivity contribution is 5.96. The van der Waals surface area contributed by atoms with Gasteiger partial charge in [-0.1, -0.05) is 19.3 Å². The Labute approximate surface area is 176 Å². The smallest absolute Gasteiger partial charge is 0.287 e.